The number of aromatic amines is 1. The van der Waals surface area contributed by atoms with Gasteiger partial charge in [-0.15, -0.1) is 0 Å². The van der Waals surface area contributed by atoms with Crippen LogP contribution in [0.3, 0.4) is 0 Å². The van der Waals surface area contributed by atoms with Crippen molar-refractivity contribution in [2.75, 3.05) is 5.32 Å². The van der Waals surface area contributed by atoms with E-state index >= 15 is 0 Å². The highest BCUT2D eigenvalue weighted by molar-refractivity contribution is 6.04. The van der Waals surface area contributed by atoms with Gasteiger partial charge >= 0.3 is 5.97 Å². The van der Waals surface area contributed by atoms with Crippen molar-refractivity contribution < 1.29 is 14.3 Å². The van der Waals surface area contributed by atoms with Crippen LogP contribution in [0.1, 0.15) is 41.6 Å². The number of nitrogens with zero attached hydrogens (tertiary/aromatic N) is 1. The summed E-state index contributed by atoms with van der Waals surface area (Å²) in [6.45, 7) is 0.192. The van der Waals surface area contributed by atoms with Crippen LogP contribution in [0.25, 0.3) is 11.0 Å². The zero-order valence-corrected chi connectivity index (χ0v) is 16.1. The second-order valence-corrected chi connectivity index (χ2v) is 7.46. The minimum absolute atomic E-state index is 0.0578. The summed E-state index contributed by atoms with van der Waals surface area (Å²) in [6.07, 6.45) is 6.62. The average Bonchev–Trinajstić information content (AvgIpc) is 3.22. The quantitative estimate of drug-likeness (QED) is 0.557. The summed E-state index contributed by atoms with van der Waals surface area (Å²) < 4.78 is 5.53. The van der Waals surface area contributed by atoms with Gasteiger partial charge in [-0.1, -0.05) is 36.8 Å². The van der Waals surface area contributed by atoms with Gasteiger partial charge in [-0.25, -0.2) is 9.78 Å². The van der Waals surface area contributed by atoms with Gasteiger partial charge in [0.2, 0.25) is 5.91 Å². The fourth-order valence-electron chi connectivity index (χ4n) is 3.90. The van der Waals surface area contributed by atoms with Crippen molar-refractivity contribution in [3.8, 4) is 0 Å². The second-order valence-electron chi connectivity index (χ2n) is 7.46. The first-order chi connectivity index (χ1) is 14.1. The molecule has 0 aliphatic heterocycles. The number of aromatic nitrogens is 2. The molecule has 4 N–H and O–H groups in total. The molecule has 1 aliphatic carbocycles. The van der Waals surface area contributed by atoms with Crippen molar-refractivity contribution in [1.29, 1.82) is 0 Å². The molecular formula is C22H24N4O3. The number of hydrogen-bond acceptors (Lipinski definition) is 5. The third kappa shape index (κ3) is 4.23. The highest BCUT2D eigenvalue weighted by atomic mass is 16.5. The highest BCUT2D eigenvalue weighted by Gasteiger charge is 2.27. The summed E-state index contributed by atoms with van der Waals surface area (Å²) in [7, 11) is 0. The molecule has 1 fully saturated rings. The molecule has 29 heavy (non-hydrogen) atoms. The van der Waals surface area contributed by atoms with E-state index in [1.807, 2.05) is 36.4 Å². The van der Waals surface area contributed by atoms with Crippen LogP contribution in [0, 0.1) is 5.92 Å². The number of nitrogens with two attached hydrogens (primary N) is 1. The summed E-state index contributed by atoms with van der Waals surface area (Å²) in [5.41, 5.74) is 8.19. The molecule has 1 saturated carbocycles. The van der Waals surface area contributed by atoms with Gasteiger partial charge in [0.05, 0.1) is 5.69 Å². The normalized spacial score (nSPS) is 19.0. The molecule has 2 aromatic heterocycles. The third-order valence-electron chi connectivity index (χ3n) is 5.44. The molecule has 0 unspecified atom stereocenters. The van der Waals surface area contributed by atoms with E-state index in [2.05, 4.69) is 15.3 Å². The Morgan fingerprint density at radius 2 is 2.03 bits per heavy atom. The predicted molar refractivity (Wildman–Crippen MR) is 110 cm³/mol. The van der Waals surface area contributed by atoms with E-state index in [4.69, 9.17) is 10.5 Å². The van der Waals surface area contributed by atoms with Gasteiger partial charge in [0, 0.05) is 29.7 Å². The number of carbonyl (C=O) groups excluding carboxylic acids is 2. The molecule has 150 valence electrons. The molecule has 1 aliphatic rings. The van der Waals surface area contributed by atoms with Crippen molar-refractivity contribution in [3.05, 3.63) is 59.9 Å². The number of esters is 1. The fourth-order valence-corrected chi connectivity index (χ4v) is 3.90. The van der Waals surface area contributed by atoms with Gasteiger partial charge in [0.25, 0.3) is 0 Å². The molecule has 3 aromatic rings. The smallest absolute Gasteiger partial charge is 0.342 e. The van der Waals surface area contributed by atoms with Gasteiger partial charge in [-0.2, -0.15) is 0 Å². The van der Waals surface area contributed by atoms with Crippen LogP contribution < -0.4 is 11.1 Å². The zero-order chi connectivity index (χ0) is 20.2. The first-order valence-electron chi connectivity index (χ1n) is 9.85. The van der Waals surface area contributed by atoms with E-state index in [-0.39, 0.29) is 24.5 Å². The number of carbonyl (C=O) groups is 2. The van der Waals surface area contributed by atoms with E-state index in [9.17, 15) is 9.59 Å². The average molecular weight is 392 g/mol. The Morgan fingerprint density at radius 3 is 2.83 bits per heavy atom. The van der Waals surface area contributed by atoms with Gasteiger partial charge in [0.15, 0.2) is 0 Å². The van der Waals surface area contributed by atoms with Crippen molar-refractivity contribution in [3.63, 3.8) is 0 Å². The maximum absolute atomic E-state index is 12.8. The van der Waals surface area contributed by atoms with Gasteiger partial charge in [-0.3, -0.25) is 4.79 Å². The van der Waals surface area contributed by atoms with Crippen LogP contribution in [-0.2, 0) is 16.1 Å². The highest BCUT2D eigenvalue weighted by Crippen LogP contribution is 2.31. The Morgan fingerprint density at radius 1 is 1.21 bits per heavy atom. The molecule has 0 bridgehead atoms. The largest absolute Gasteiger partial charge is 0.457 e. The molecule has 2 heterocycles. The van der Waals surface area contributed by atoms with Crippen LogP contribution >= 0.6 is 0 Å². The summed E-state index contributed by atoms with van der Waals surface area (Å²) in [4.78, 5) is 31.9. The minimum atomic E-state index is -0.436. The molecule has 0 saturated heterocycles. The van der Waals surface area contributed by atoms with Gasteiger partial charge in [-0.05, 0) is 30.9 Å². The van der Waals surface area contributed by atoms with E-state index in [0.717, 1.165) is 30.2 Å². The van der Waals surface area contributed by atoms with Gasteiger partial charge in [0.1, 0.15) is 17.8 Å². The summed E-state index contributed by atoms with van der Waals surface area (Å²) >= 11 is 0. The zero-order valence-electron chi connectivity index (χ0n) is 16.1. The first-order valence-corrected chi connectivity index (χ1v) is 9.85. The van der Waals surface area contributed by atoms with E-state index < -0.39 is 5.97 Å². The second kappa shape index (κ2) is 8.34. The van der Waals surface area contributed by atoms with Crippen LogP contribution in [0.15, 0.2) is 48.8 Å². The number of fused-ring (bicyclic) bond motifs is 1. The Labute approximate surface area is 168 Å². The lowest BCUT2D eigenvalue weighted by Crippen LogP contribution is -2.34. The Balaban J connectivity index is 1.57. The topological polar surface area (TPSA) is 110 Å². The number of rotatable bonds is 6. The molecule has 0 spiro atoms. The third-order valence-corrected chi connectivity index (χ3v) is 5.44. The summed E-state index contributed by atoms with van der Waals surface area (Å²) in [5.74, 6) is -0.840. The Hall–Kier alpha value is -3.35. The molecule has 1 aromatic carbocycles. The number of pyridine rings is 1. The molecule has 2 atom stereocenters. The predicted octanol–water partition coefficient (Wildman–Crippen LogP) is 3.38. The number of primary amides is 1. The van der Waals surface area contributed by atoms with E-state index in [0.29, 0.717) is 23.3 Å². The van der Waals surface area contributed by atoms with Crippen molar-refractivity contribution >= 4 is 28.6 Å². The summed E-state index contributed by atoms with van der Waals surface area (Å²) in [6, 6.07) is 11.5. The first kappa shape index (κ1) is 19.0. The lowest BCUT2D eigenvalue weighted by molar-refractivity contribution is -0.122. The maximum atomic E-state index is 12.8. The van der Waals surface area contributed by atoms with Crippen LogP contribution in [0.5, 0.6) is 0 Å². The fraction of sp³-hybridized carbons (Fsp3) is 0.318. The lowest BCUT2D eigenvalue weighted by Gasteiger charge is -2.29. The molecular weight excluding hydrogens is 368 g/mol. The van der Waals surface area contributed by atoms with Crippen molar-refractivity contribution in [2.24, 2.45) is 11.7 Å². The van der Waals surface area contributed by atoms with Crippen LogP contribution in [-0.4, -0.2) is 27.9 Å². The number of hydrogen-bond donors (Lipinski definition) is 3. The Bertz CT molecular complexity index is 1020. The monoisotopic (exact) mass is 392 g/mol. The molecule has 4 rings (SSSR count). The van der Waals surface area contributed by atoms with Crippen LogP contribution in [0.4, 0.5) is 5.69 Å². The molecule has 7 heteroatoms. The number of ether oxygens (including phenoxy) is 1. The lowest BCUT2D eigenvalue weighted by atomic mass is 9.85. The summed E-state index contributed by atoms with van der Waals surface area (Å²) in [5, 5.41) is 4.29. The molecule has 1 amide bonds. The van der Waals surface area contributed by atoms with Crippen molar-refractivity contribution in [1.82, 2.24) is 9.97 Å². The van der Waals surface area contributed by atoms with E-state index in [1.165, 1.54) is 6.20 Å². The number of benzene rings is 1. The number of H-pyrrole nitrogens is 1. The maximum Gasteiger partial charge on any atom is 0.342 e. The SMILES string of the molecule is NC(=O)[C@H]1CCC[C@H](Nc2c(C(=O)OCc3ccccc3)cnc3[nH]ccc23)C1. The standard InChI is InChI=1S/C22H24N4O3/c23-20(27)15-7-4-8-16(11-15)26-19-17-9-10-24-21(17)25-12-18(19)22(28)29-13-14-5-2-1-3-6-14/h1-3,5-6,9-10,12,15-16H,4,7-8,11,13H2,(H2,23,27)(H2,24,25,26)/t15-,16-/m0/s1. The number of anilines is 1. The number of nitrogens with one attached hydrogen (secondary N) is 2. The van der Waals surface area contributed by atoms with E-state index in [1.54, 1.807) is 6.20 Å². The minimum Gasteiger partial charge on any atom is -0.457 e. The van der Waals surface area contributed by atoms with Gasteiger partial charge < -0.3 is 20.8 Å². The van der Waals surface area contributed by atoms with Crippen molar-refractivity contribution in [2.45, 2.75) is 38.3 Å². The Kier molecular flexibility index (Phi) is 5.46. The number of amides is 1. The molecule has 0 radical (unpaired) electrons. The molecule has 7 nitrogen and oxygen atoms in total. The van der Waals surface area contributed by atoms with Crippen LogP contribution in [0.2, 0.25) is 0 Å².